The predicted molar refractivity (Wildman–Crippen MR) is 109 cm³/mol. The second-order valence-corrected chi connectivity index (χ2v) is 8.54. The Bertz CT molecular complexity index is 972. The lowest BCUT2D eigenvalue weighted by Crippen LogP contribution is -2.25. The van der Waals surface area contributed by atoms with Gasteiger partial charge < -0.3 is 0 Å². The van der Waals surface area contributed by atoms with E-state index in [4.69, 9.17) is 16.6 Å². The van der Waals surface area contributed by atoms with E-state index >= 15 is 0 Å². The number of halogens is 1. The minimum absolute atomic E-state index is 0.0833. The van der Waals surface area contributed by atoms with E-state index in [2.05, 4.69) is 0 Å². The maximum atomic E-state index is 13.0. The zero-order valence-corrected chi connectivity index (χ0v) is 16.4. The molecule has 2 heterocycles. The standard InChI is InChI=1S/C20H17ClN2OS2/c21-16-8-6-15(7-9-16)13-26-20-22-17-10-11-25-18(17)19(24)23(20)12-14-4-2-1-3-5-14/h1-9H,10-13H2. The van der Waals surface area contributed by atoms with Crippen molar-refractivity contribution in [3.05, 3.63) is 86.8 Å². The Labute approximate surface area is 165 Å². The Morgan fingerprint density at radius 1 is 1.08 bits per heavy atom. The summed E-state index contributed by atoms with van der Waals surface area (Å²) in [6.07, 6.45) is 0.871. The molecule has 26 heavy (non-hydrogen) atoms. The van der Waals surface area contributed by atoms with Gasteiger partial charge in [-0.2, -0.15) is 0 Å². The molecule has 3 aromatic rings. The Morgan fingerprint density at radius 3 is 2.62 bits per heavy atom. The van der Waals surface area contributed by atoms with E-state index in [9.17, 15) is 4.79 Å². The van der Waals surface area contributed by atoms with Crippen molar-refractivity contribution >= 4 is 35.1 Å². The first kappa shape index (κ1) is 17.7. The molecule has 3 nitrogen and oxygen atoms in total. The third-order valence-electron chi connectivity index (χ3n) is 4.21. The highest BCUT2D eigenvalue weighted by atomic mass is 35.5. The number of hydrogen-bond donors (Lipinski definition) is 0. The first-order valence-electron chi connectivity index (χ1n) is 8.38. The number of aromatic nitrogens is 2. The maximum absolute atomic E-state index is 13.0. The SMILES string of the molecule is O=c1c2c(nc(SCc3ccc(Cl)cc3)n1Cc1ccccc1)CCS2. The second-order valence-electron chi connectivity index (χ2n) is 6.06. The number of thioether (sulfide) groups is 2. The maximum Gasteiger partial charge on any atom is 0.268 e. The van der Waals surface area contributed by atoms with Crippen LogP contribution in [-0.2, 0) is 18.7 Å². The van der Waals surface area contributed by atoms with Crippen molar-refractivity contribution in [3.8, 4) is 0 Å². The molecule has 1 aromatic heterocycles. The number of hydrogen-bond acceptors (Lipinski definition) is 4. The fourth-order valence-corrected chi connectivity index (χ4v) is 5.01. The molecule has 4 rings (SSSR count). The number of fused-ring (bicyclic) bond motifs is 1. The highest BCUT2D eigenvalue weighted by molar-refractivity contribution is 7.99. The van der Waals surface area contributed by atoms with E-state index in [-0.39, 0.29) is 5.56 Å². The second kappa shape index (κ2) is 7.91. The van der Waals surface area contributed by atoms with E-state index in [0.29, 0.717) is 6.54 Å². The summed E-state index contributed by atoms with van der Waals surface area (Å²) in [6.45, 7) is 0.545. The predicted octanol–water partition coefficient (Wildman–Crippen LogP) is 4.89. The molecule has 0 aliphatic carbocycles. The first-order valence-corrected chi connectivity index (χ1v) is 10.7. The summed E-state index contributed by atoms with van der Waals surface area (Å²) in [5.41, 5.74) is 3.30. The van der Waals surface area contributed by atoms with Gasteiger partial charge in [0.2, 0.25) is 0 Å². The van der Waals surface area contributed by atoms with Crippen molar-refractivity contribution in [2.24, 2.45) is 0 Å². The van der Waals surface area contributed by atoms with Crippen molar-refractivity contribution < 1.29 is 0 Å². The summed E-state index contributed by atoms with van der Waals surface area (Å²) in [7, 11) is 0. The van der Waals surface area contributed by atoms with Gasteiger partial charge >= 0.3 is 0 Å². The molecular formula is C20H17ClN2OS2. The van der Waals surface area contributed by atoms with Crippen LogP contribution in [0.3, 0.4) is 0 Å². The lowest BCUT2D eigenvalue weighted by Gasteiger charge is -2.14. The van der Waals surface area contributed by atoms with E-state index in [1.54, 1.807) is 23.5 Å². The molecule has 0 N–H and O–H groups in total. The minimum atomic E-state index is 0.0833. The molecule has 0 radical (unpaired) electrons. The topological polar surface area (TPSA) is 34.9 Å². The summed E-state index contributed by atoms with van der Waals surface area (Å²) in [5.74, 6) is 1.69. The van der Waals surface area contributed by atoms with Gasteiger partial charge in [0, 0.05) is 22.9 Å². The van der Waals surface area contributed by atoms with Gasteiger partial charge in [-0.05, 0) is 23.3 Å². The molecule has 0 atom stereocenters. The Hall–Kier alpha value is -1.69. The van der Waals surface area contributed by atoms with Gasteiger partial charge in [0.1, 0.15) is 0 Å². The van der Waals surface area contributed by atoms with Crippen molar-refractivity contribution in [3.63, 3.8) is 0 Å². The van der Waals surface area contributed by atoms with Crippen molar-refractivity contribution in [2.45, 2.75) is 28.8 Å². The molecule has 1 aliphatic heterocycles. The van der Waals surface area contributed by atoms with E-state index < -0.39 is 0 Å². The quantitative estimate of drug-likeness (QED) is 0.451. The van der Waals surface area contributed by atoms with Gasteiger partial charge in [0.05, 0.1) is 17.1 Å². The Balaban J connectivity index is 1.66. The lowest BCUT2D eigenvalue weighted by molar-refractivity contribution is 0.616. The van der Waals surface area contributed by atoms with Crippen molar-refractivity contribution in [2.75, 3.05) is 5.75 Å². The van der Waals surface area contributed by atoms with Gasteiger partial charge in [0.15, 0.2) is 5.16 Å². The Morgan fingerprint density at radius 2 is 1.85 bits per heavy atom. The molecule has 0 saturated carbocycles. The molecule has 0 unspecified atom stereocenters. The van der Waals surface area contributed by atoms with E-state index in [1.165, 1.54) is 0 Å². The highest BCUT2D eigenvalue weighted by Gasteiger charge is 2.21. The van der Waals surface area contributed by atoms with Crippen molar-refractivity contribution in [1.29, 1.82) is 0 Å². The van der Waals surface area contributed by atoms with Gasteiger partial charge in [-0.15, -0.1) is 11.8 Å². The average molecular weight is 401 g/mol. The molecule has 1 aliphatic rings. The van der Waals surface area contributed by atoms with E-state index in [0.717, 1.165) is 49.8 Å². The number of nitrogens with zero attached hydrogens (tertiary/aromatic N) is 2. The van der Waals surface area contributed by atoms with Crippen LogP contribution in [0.25, 0.3) is 0 Å². The van der Waals surface area contributed by atoms with Crippen LogP contribution in [0.2, 0.25) is 5.02 Å². The summed E-state index contributed by atoms with van der Waals surface area (Å²) in [5, 5.41) is 1.52. The van der Waals surface area contributed by atoms with E-state index in [1.807, 2.05) is 59.2 Å². The Kier molecular flexibility index (Phi) is 5.38. The van der Waals surface area contributed by atoms with Crippen LogP contribution in [0, 0.1) is 0 Å². The molecule has 0 fully saturated rings. The molecule has 2 aromatic carbocycles. The molecular weight excluding hydrogens is 384 g/mol. The molecule has 0 bridgehead atoms. The van der Waals surface area contributed by atoms with Gasteiger partial charge in [-0.25, -0.2) is 4.98 Å². The van der Waals surface area contributed by atoms with Crippen LogP contribution >= 0.6 is 35.1 Å². The largest absolute Gasteiger partial charge is 0.282 e. The van der Waals surface area contributed by atoms with Crippen LogP contribution in [0.1, 0.15) is 16.8 Å². The lowest BCUT2D eigenvalue weighted by atomic mass is 10.2. The third kappa shape index (κ3) is 3.85. The summed E-state index contributed by atoms with van der Waals surface area (Å²) >= 11 is 9.19. The number of rotatable bonds is 5. The molecule has 6 heteroatoms. The number of benzene rings is 2. The average Bonchev–Trinajstić information content (AvgIpc) is 3.13. The minimum Gasteiger partial charge on any atom is -0.282 e. The normalized spacial score (nSPS) is 13.0. The summed E-state index contributed by atoms with van der Waals surface area (Å²) in [4.78, 5) is 18.7. The molecule has 0 saturated heterocycles. The zero-order chi connectivity index (χ0) is 17.9. The third-order valence-corrected chi connectivity index (χ3v) is 6.62. The van der Waals surface area contributed by atoms with Crippen molar-refractivity contribution in [1.82, 2.24) is 9.55 Å². The fourth-order valence-electron chi connectivity index (χ4n) is 2.87. The van der Waals surface area contributed by atoms with Gasteiger partial charge in [-0.1, -0.05) is 65.8 Å². The van der Waals surface area contributed by atoms with Crippen LogP contribution in [0.15, 0.2) is 69.4 Å². The summed E-state index contributed by atoms with van der Waals surface area (Å²) < 4.78 is 1.81. The fraction of sp³-hybridized carbons (Fsp3) is 0.200. The highest BCUT2D eigenvalue weighted by Crippen LogP contribution is 2.30. The molecule has 0 amide bonds. The first-order chi connectivity index (χ1) is 12.7. The van der Waals surface area contributed by atoms with Crippen LogP contribution in [-0.4, -0.2) is 15.3 Å². The van der Waals surface area contributed by atoms with Crippen LogP contribution in [0.4, 0.5) is 0 Å². The van der Waals surface area contributed by atoms with Gasteiger partial charge in [-0.3, -0.25) is 9.36 Å². The molecule has 132 valence electrons. The number of aryl methyl sites for hydroxylation is 1. The summed E-state index contributed by atoms with van der Waals surface area (Å²) in [6, 6.07) is 17.9. The zero-order valence-electron chi connectivity index (χ0n) is 14.0. The van der Waals surface area contributed by atoms with Crippen LogP contribution in [0.5, 0.6) is 0 Å². The smallest absolute Gasteiger partial charge is 0.268 e. The van der Waals surface area contributed by atoms with Gasteiger partial charge in [0.25, 0.3) is 5.56 Å². The van der Waals surface area contributed by atoms with Crippen LogP contribution < -0.4 is 5.56 Å². The monoisotopic (exact) mass is 400 g/mol. The molecule has 0 spiro atoms.